The molecule has 0 spiro atoms. The Kier molecular flexibility index (Phi) is 12.0. The van der Waals surface area contributed by atoms with Crippen molar-refractivity contribution in [3.05, 3.63) is 35.9 Å². The molecule has 0 fully saturated rings. The molecule has 0 aliphatic rings. The van der Waals surface area contributed by atoms with Gasteiger partial charge in [0.1, 0.15) is 0 Å². The molecule has 0 aromatic heterocycles. The lowest BCUT2D eigenvalue weighted by Gasteiger charge is -2.19. The van der Waals surface area contributed by atoms with Gasteiger partial charge in [0.2, 0.25) is 0 Å². The van der Waals surface area contributed by atoms with E-state index in [0.717, 1.165) is 6.04 Å². The molecule has 1 heteroatoms. The fraction of sp³-hybridized carbons (Fsp3) is 0.727. The highest BCUT2D eigenvalue weighted by atomic mass is 15.1. The number of benzene rings is 1. The zero-order chi connectivity index (χ0) is 16.8. The summed E-state index contributed by atoms with van der Waals surface area (Å²) < 4.78 is 0. The van der Waals surface area contributed by atoms with E-state index in [2.05, 4.69) is 56.3 Å². The Hall–Kier alpha value is -0.820. The van der Waals surface area contributed by atoms with Crippen LogP contribution in [0.1, 0.15) is 83.1 Å². The second kappa shape index (κ2) is 13.6. The second-order valence-corrected chi connectivity index (χ2v) is 7.37. The molecular formula is C22H39N. The minimum Gasteiger partial charge on any atom is -0.307 e. The van der Waals surface area contributed by atoms with Crippen LogP contribution in [0.4, 0.5) is 0 Å². The van der Waals surface area contributed by atoms with Gasteiger partial charge >= 0.3 is 0 Å². The van der Waals surface area contributed by atoms with Gasteiger partial charge < -0.3 is 4.90 Å². The Labute approximate surface area is 145 Å². The van der Waals surface area contributed by atoms with E-state index in [1.54, 1.807) is 0 Å². The number of hydrogen-bond acceptors (Lipinski definition) is 1. The van der Waals surface area contributed by atoms with Crippen LogP contribution < -0.4 is 0 Å². The third kappa shape index (κ3) is 11.4. The van der Waals surface area contributed by atoms with Gasteiger partial charge in [0.05, 0.1) is 0 Å². The molecule has 1 unspecified atom stereocenters. The Bertz CT molecular complexity index is 357. The van der Waals surface area contributed by atoms with E-state index in [1.807, 2.05) is 0 Å². The highest BCUT2D eigenvalue weighted by Gasteiger charge is 2.03. The van der Waals surface area contributed by atoms with Crippen molar-refractivity contribution in [3.63, 3.8) is 0 Å². The van der Waals surface area contributed by atoms with Crippen molar-refractivity contribution in [2.45, 2.75) is 90.0 Å². The van der Waals surface area contributed by atoms with Crippen LogP contribution in [0.15, 0.2) is 30.3 Å². The van der Waals surface area contributed by atoms with Crippen LogP contribution in [-0.2, 0) is 6.42 Å². The number of hydrogen-bond donors (Lipinski definition) is 0. The quantitative estimate of drug-likeness (QED) is 0.355. The van der Waals surface area contributed by atoms with Crippen LogP contribution >= 0.6 is 0 Å². The molecule has 1 rings (SSSR count). The molecule has 0 aliphatic carbocycles. The molecule has 23 heavy (non-hydrogen) atoms. The van der Waals surface area contributed by atoms with Crippen LogP contribution in [0, 0.1) is 0 Å². The van der Waals surface area contributed by atoms with Gasteiger partial charge in [0.15, 0.2) is 0 Å². The normalized spacial score (nSPS) is 12.7. The summed E-state index contributed by atoms with van der Waals surface area (Å²) in [5.41, 5.74) is 1.50. The summed E-state index contributed by atoms with van der Waals surface area (Å²) >= 11 is 0. The van der Waals surface area contributed by atoms with E-state index >= 15 is 0 Å². The summed E-state index contributed by atoms with van der Waals surface area (Å²) in [6.45, 7) is 2.33. The molecule has 0 bridgehead atoms. The van der Waals surface area contributed by atoms with Crippen molar-refractivity contribution in [3.8, 4) is 0 Å². The highest BCUT2D eigenvalue weighted by Crippen LogP contribution is 2.13. The first-order chi connectivity index (χ1) is 11.2. The maximum absolute atomic E-state index is 2.33. The molecule has 1 aromatic rings. The van der Waals surface area contributed by atoms with Gasteiger partial charge in [0.25, 0.3) is 0 Å². The predicted molar refractivity (Wildman–Crippen MR) is 104 cm³/mol. The summed E-state index contributed by atoms with van der Waals surface area (Å²) in [5, 5.41) is 0. The molecule has 0 saturated carbocycles. The predicted octanol–water partition coefficient (Wildman–Crippen LogP) is 6.47. The average molecular weight is 318 g/mol. The summed E-state index contributed by atoms with van der Waals surface area (Å²) in [4.78, 5) is 2.33. The van der Waals surface area contributed by atoms with Crippen molar-refractivity contribution < 1.29 is 0 Å². The molecule has 0 heterocycles. The highest BCUT2D eigenvalue weighted by molar-refractivity contribution is 5.14. The van der Waals surface area contributed by atoms with Crippen molar-refractivity contribution in [2.24, 2.45) is 0 Å². The first kappa shape index (κ1) is 20.2. The van der Waals surface area contributed by atoms with Crippen LogP contribution in [0.25, 0.3) is 0 Å². The van der Waals surface area contributed by atoms with Crippen LogP contribution in [-0.4, -0.2) is 25.0 Å². The topological polar surface area (TPSA) is 3.24 Å². The average Bonchev–Trinajstić information content (AvgIpc) is 2.56. The van der Waals surface area contributed by atoms with Crippen molar-refractivity contribution >= 4 is 0 Å². The monoisotopic (exact) mass is 317 g/mol. The van der Waals surface area contributed by atoms with Crippen molar-refractivity contribution in [2.75, 3.05) is 14.1 Å². The third-order valence-electron chi connectivity index (χ3n) is 5.06. The van der Waals surface area contributed by atoms with Gasteiger partial charge in [-0.2, -0.15) is 0 Å². The molecule has 1 nitrogen and oxygen atoms in total. The van der Waals surface area contributed by atoms with Crippen LogP contribution in [0.5, 0.6) is 0 Å². The van der Waals surface area contributed by atoms with Gasteiger partial charge in [-0.3, -0.25) is 0 Å². The SMILES string of the molecule is CC(CCCCCCCCCCCCc1ccccc1)N(C)C. The maximum Gasteiger partial charge on any atom is 0.00608 e. The lowest BCUT2D eigenvalue weighted by Crippen LogP contribution is -2.24. The minimum atomic E-state index is 0.742. The Morgan fingerprint density at radius 1 is 0.696 bits per heavy atom. The van der Waals surface area contributed by atoms with E-state index in [-0.39, 0.29) is 0 Å². The zero-order valence-electron chi connectivity index (χ0n) is 15.9. The molecule has 132 valence electrons. The van der Waals surface area contributed by atoms with E-state index < -0.39 is 0 Å². The van der Waals surface area contributed by atoms with E-state index in [4.69, 9.17) is 0 Å². The maximum atomic E-state index is 2.33. The van der Waals surface area contributed by atoms with Gasteiger partial charge in [-0.15, -0.1) is 0 Å². The van der Waals surface area contributed by atoms with E-state index in [0.29, 0.717) is 0 Å². The van der Waals surface area contributed by atoms with Crippen LogP contribution in [0.3, 0.4) is 0 Å². The zero-order valence-corrected chi connectivity index (χ0v) is 15.9. The van der Waals surface area contributed by atoms with Gasteiger partial charge in [0, 0.05) is 6.04 Å². The number of aryl methyl sites for hydroxylation is 1. The summed E-state index contributed by atoms with van der Waals surface area (Å²) in [6.07, 6.45) is 16.8. The standard InChI is InChI=1S/C22H39N/c1-21(23(2)3)17-13-10-8-6-4-5-7-9-11-14-18-22-19-15-12-16-20-22/h12,15-16,19-21H,4-11,13-14,17-18H2,1-3H3. The molecule has 1 aromatic carbocycles. The number of rotatable bonds is 14. The van der Waals surface area contributed by atoms with Gasteiger partial charge in [-0.25, -0.2) is 0 Å². The van der Waals surface area contributed by atoms with E-state index in [9.17, 15) is 0 Å². The first-order valence-electron chi connectivity index (χ1n) is 9.90. The Balaban J connectivity index is 1.78. The molecule has 0 amide bonds. The second-order valence-electron chi connectivity index (χ2n) is 7.37. The lowest BCUT2D eigenvalue weighted by molar-refractivity contribution is 0.291. The largest absolute Gasteiger partial charge is 0.307 e. The van der Waals surface area contributed by atoms with Crippen LogP contribution in [0.2, 0.25) is 0 Å². The molecule has 1 atom stereocenters. The van der Waals surface area contributed by atoms with E-state index in [1.165, 1.54) is 82.6 Å². The summed E-state index contributed by atoms with van der Waals surface area (Å²) in [6, 6.07) is 11.6. The summed E-state index contributed by atoms with van der Waals surface area (Å²) in [7, 11) is 4.37. The van der Waals surface area contributed by atoms with Gasteiger partial charge in [-0.1, -0.05) is 88.1 Å². The lowest BCUT2D eigenvalue weighted by atomic mass is 10.0. The minimum absolute atomic E-state index is 0.742. The van der Waals surface area contributed by atoms with Gasteiger partial charge in [-0.05, 0) is 45.8 Å². The van der Waals surface area contributed by atoms with Crippen molar-refractivity contribution in [1.29, 1.82) is 0 Å². The summed E-state index contributed by atoms with van der Waals surface area (Å²) in [5.74, 6) is 0. The molecule has 0 N–H and O–H groups in total. The Morgan fingerprint density at radius 2 is 1.17 bits per heavy atom. The number of unbranched alkanes of at least 4 members (excludes halogenated alkanes) is 9. The molecule has 0 aliphatic heterocycles. The molecular weight excluding hydrogens is 278 g/mol. The smallest absolute Gasteiger partial charge is 0.00608 e. The first-order valence-corrected chi connectivity index (χ1v) is 9.90. The van der Waals surface area contributed by atoms with Crippen molar-refractivity contribution in [1.82, 2.24) is 4.90 Å². The third-order valence-corrected chi connectivity index (χ3v) is 5.06. The Morgan fingerprint density at radius 3 is 1.70 bits per heavy atom. The number of nitrogens with zero attached hydrogens (tertiary/aromatic N) is 1. The fourth-order valence-corrected chi connectivity index (χ4v) is 3.09. The molecule has 0 saturated heterocycles. The molecule has 0 radical (unpaired) electrons. The fourth-order valence-electron chi connectivity index (χ4n) is 3.09.